The third-order valence-corrected chi connectivity index (χ3v) is 3.12. The molecule has 1 nitrogen and oxygen atoms in total. The van der Waals surface area contributed by atoms with Crippen molar-refractivity contribution in [3.05, 3.63) is 28.8 Å². The zero-order chi connectivity index (χ0) is 10.1. The summed E-state index contributed by atoms with van der Waals surface area (Å²) in [6.07, 6.45) is 2.01. The molecule has 0 spiro atoms. The summed E-state index contributed by atoms with van der Waals surface area (Å²) in [6.45, 7) is 3.94. The van der Waals surface area contributed by atoms with Gasteiger partial charge >= 0.3 is 0 Å². The molecule has 1 aromatic rings. The predicted octanol–water partition coefficient (Wildman–Crippen LogP) is 3.26. The Kier molecular flexibility index (Phi) is 3.28. The van der Waals surface area contributed by atoms with E-state index in [4.69, 9.17) is 17.3 Å². The molecule has 13 heavy (non-hydrogen) atoms. The maximum atomic E-state index is 6.06. The summed E-state index contributed by atoms with van der Waals surface area (Å²) in [6, 6.07) is 5.97. The quantitative estimate of drug-likeness (QED) is 0.767. The smallest absolute Gasteiger partial charge is 0.0545 e. The molecule has 72 valence electrons. The molecular weight excluding hydrogens is 202 g/mol. The van der Waals surface area contributed by atoms with Gasteiger partial charge in [-0.3, -0.25) is 0 Å². The van der Waals surface area contributed by atoms with E-state index in [2.05, 4.69) is 0 Å². The lowest BCUT2D eigenvalue weighted by molar-refractivity contribution is 0.554. The van der Waals surface area contributed by atoms with Crippen LogP contribution in [0, 0.1) is 0 Å². The van der Waals surface area contributed by atoms with Crippen LogP contribution in [0.1, 0.15) is 19.4 Å². The van der Waals surface area contributed by atoms with Crippen molar-refractivity contribution in [3.63, 3.8) is 0 Å². The van der Waals surface area contributed by atoms with E-state index in [1.165, 1.54) is 0 Å². The Morgan fingerprint density at radius 3 is 2.38 bits per heavy atom. The second-order valence-electron chi connectivity index (χ2n) is 3.57. The molecule has 0 amide bonds. The van der Waals surface area contributed by atoms with Gasteiger partial charge in [-0.1, -0.05) is 17.7 Å². The highest BCUT2D eigenvalue weighted by Gasteiger charge is 2.14. The molecule has 0 aliphatic rings. The third kappa shape index (κ3) is 2.63. The number of hydrogen-bond acceptors (Lipinski definition) is 2. The van der Waals surface area contributed by atoms with Gasteiger partial charge in [0.15, 0.2) is 0 Å². The highest BCUT2D eigenvalue weighted by atomic mass is 35.5. The van der Waals surface area contributed by atoms with Crippen molar-refractivity contribution in [2.24, 2.45) is 5.73 Å². The van der Waals surface area contributed by atoms with E-state index in [-0.39, 0.29) is 5.54 Å². The summed E-state index contributed by atoms with van der Waals surface area (Å²) in [5.41, 5.74) is 6.70. The Labute approximate surface area is 88.7 Å². The molecule has 0 unspecified atom stereocenters. The molecule has 0 saturated heterocycles. The zero-order valence-corrected chi connectivity index (χ0v) is 9.67. The Bertz CT molecular complexity index is 304. The van der Waals surface area contributed by atoms with Crippen molar-refractivity contribution in [1.29, 1.82) is 0 Å². The molecule has 0 aliphatic carbocycles. The van der Waals surface area contributed by atoms with Gasteiger partial charge in [0, 0.05) is 10.4 Å². The predicted molar refractivity (Wildman–Crippen MR) is 60.4 cm³/mol. The van der Waals surface area contributed by atoms with Gasteiger partial charge in [0.1, 0.15) is 0 Å². The van der Waals surface area contributed by atoms with E-state index >= 15 is 0 Å². The molecule has 0 fully saturated rings. The van der Waals surface area contributed by atoms with Crippen LogP contribution in [-0.4, -0.2) is 6.26 Å². The standard InChI is InChI=1S/C10H14ClNS/c1-10(2,12)7-4-5-9(13-3)8(11)6-7/h4-6H,12H2,1-3H3. The monoisotopic (exact) mass is 215 g/mol. The molecule has 0 heterocycles. The van der Waals surface area contributed by atoms with Gasteiger partial charge in [-0.05, 0) is 37.8 Å². The van der Waals surface area contributed by atoms with Crippen molar-refractivity contribution in [2.45, 2.75) is 24.3 Å². The highest BCUT2D eigenvalue weighted by Crippen LogP contribution is 2.29. The van der Waals surface area contributed by atoms with Crippen LogP contribution in [0.25, 0.3) is 0 Å². The fraction of sp³-hybridized carbons (Fsp3) is 0.400. The van der Waals surface area contributed by atoms with Crippen LogP contribution >= 0.6 is 23.4 Å². The molecule has 1 aromatic carbocycles. The van der Waals surface area contributed by atoms with Gasteiger partial charge in [-0.2, -0.15) is 0 Å². The minimum Gasteiger partial charge on any atom is -0.322 e. The molecule has 0 aromatic heterocycles. The van der Waals surface area contributed by atoms with Gasteiger partial charge in [-0.15, -0.1) is 11.8 Å². The Balaban J connectivity index is 3.10. The van der Waals surface area contributed by atoms with E-state index in [0.29, 0.717) is 0 Å². The molecule has 0 atom stereocenters. The van der Waals surface area contributed by atoms with Gasteiger partial charge < -0.3 is 5.73 Å². The molecule has 1 rings (SSSR count). The van der Waals surface area contributed by atoms with Gasteiger partial charge in [0.2, 0.25) is 0 Å². The molecule has 2 N–H and O–H groups in total. The Morgan fingerprint density at radius 1 is 1.38 bits per heavy atom. The number of hydrogen-bond donors (Lipinski definition) is 1. The SMILES string of the molecule is CSc1ccc(C(C)(C)N)cc1Cl. The molecule has 0 saturated carbocycles. The third-order valence-electron chi connectivity index (χ3n) is 1.90. The summed E-state index contributed by atoms with van der Waals surface area (Å²) in [5.74, 6) is 0. The van der Waals surface area contributed by atoms with E-state index in [1.54, 1.807) is 11.8 Å². The first-order valence-electron chi connectivity index (χ1n) is 4.08. The average Bonchev–Trinajstić information content (AvgIpc) is 2.02. The van der Waals surface area contributed by atoms with Crippen molar-refractivity contribution in [2.75, 3.05) is 6.26 Å². The van der Waals surface area contributed by atoms with Crippen molar-refractivity contribution in [3.8, 4) is 0 Å². The molecular formula is C10H14ClNS. The topological polar surface area (TPSA) is 26.0 Å². The number of nitrogens with two attached hydrogens (primary N) is 1. The van der Waals surface area contributed by atoms with Crippen LogP contribution in [0.3, 0.4) is 0 Å². The summed E-state index contributed by atoms with van der Waals surface area (Å²) in [4.78, 5) is 1.09. The molecule has 0 bridgehead atoms. The minimum absolute atomic E-state index is 0.319. The molecule has 0 radical (unpaired) electrons. The van der Waals surface area contributed by atoms with Gasteiger partial charge in [-0.25, -0.2) is 0 Å². The van der Waals surface area contributed by atoms with Gasteiger partial charge in [0.25, 0.3) is 0 Å². The Hall–Kier alpha value is -0.180. The lowest BCUT2D eigenvalue weighted by Gasteiger charge is -2.19. The van der Waals surface area contributed by atoms with Crippen LogP contribution in [-0.2, 0) is 5.54 Å². The van der Waals surface area contributed by atoms with E-state index in [9.17, 15) is 0 Å². The van der Waals surface area contributed by atoms with Gasteiger partial charge in [0.05, 0.1) is 5.02 Å². The van der Waals surface area contributed by atoms with Crippen LogP contribution in [0.5, 0.6) is 0 Å². The lowest BCUT2D eigenvalue weighted by atomic mass is 9.96. The number of rotatable bonds is 2. The average molecular weight is 216 g/mol. The van der Waals surface area contributed by atoms with E-state index in [1.807, 2.05) is 38.3 Å². The summed E-state index contributed by atoms with van der Waals surface area (Å²) in [7, 11) is 0. The second-order valence-corrected chi connectivity index (χ2v) is 4.83. The lowest BCUT2D eigenvalue weighted by Crippen LogP contribution is -2.28. The molecule has 0 aliphatic heterocycles. The summed E-state index contributed by atoms with van der Waals surface area (Å²) in [5, 5.41) is 0.781. The highest BCUT2D eigenvalue weighted by molar-refractivity contribution is 7.98. The number of halogens is 1. The first-order valence-corrected chi connectivity index (χ1v) is 5.68. The van der Waals surface area contributed by atoms with Crippen molar-refractivity contribution in [1.82, 2.24) is 0 Å². The fourth-order valence-electron chi connectivity index (χ4n) is 1.07. The van der Waals surface area contributed by atoms with Crippen LogP contribution < -0.4 is 5.73 Å². The maximum absolute atomic E-state index is 6.06. The second kappa shape index (κ2) is 3.91. The van der Waals surface area contributed by atoms with Crippen LogP contribution in [0.2, 0.25) is 5.02 Å². The van der Waals surface area contributed by atoms with E-state index in [0.717, 1.165) is 15.5 Å². The first kappa shape index (κ1) is 10.9. The van der Waals surface area contributed by atoms with E-state index < -0.39 is 0 Å². The normalized spacial score (nSPS) is 11.8. The van der Waals surface area contributed by atoms with Crippen LogP contribution in [0.4, 0.5) is 0 Å². The zero-order valence-electron chi connectivity index (χ0n) is 8.10. The number of benzene rings is 1. The summed E-state index contributed by atoms with van der Waals surface area (Å²) >= 11 is 7.70. The summed E-state index contributed by atoms with van der Waals surface area (Å²) < 4.78 is 0. The number of thioether (sulfide) groups is 1. The Morgan fingerprint density at radius 2 is 2.00 bits per heavy atom. The van der Waals surface area contributed by atoms with Crippen molar-refractivity contribution < 1.29 is 0 Å². The minimum atomic E-state index is -0.319. The van der Waals surface area contributed by atoms with Crippen molar-refractivity contribution >= 4 is 23.4 Å². The largest absolute Gasteiger partial charge is 0.322 e. The fourth-order valence-corrected chi connectivity index (χ4v) is 1.94. The van der Waals surface area contributed by atoms with Crippen LogP contribution in [0.15, 0.2) is 23.1 Å². The maximum Gasteiger partial charge on any atom is 0.0545 e. The molecule has 3 heteroatoms. The first-order chi connectivity index (χ1) is 5.95.